The summed E-state index contributed by atoms with van der Waals surface area (Å²) < 4.78 is 1.12. The van der Waals surface area contributed by atoms with E-state index in [9.17, 15) is 4.79 Å². The van der Waals surface area contributed by atoms with E-state index >= 15 is 0 Å². The van der Waals surface area contributed by atoms with E-state index in [1.165, 1.54) is 32.1 Å². The zero-order valence-electron chi connectivity index (χ0n) is 12.0. The van der Waals surface area contributed by atoms with Crippen molar-refractivity contribution in [1.29, 1.82) is 0 Å². The summed E-state index contributed by atoms with van der Waals surface area (Å²) in [6.45, 7) is 2.52. The average Bonchev–Trinajstić information content (AvgIpc) is 2.48. The number of nitrogens with two attached hydrogens (primary N) is 1. The summed E-state index contributed by atoms with van der Waals surface area (Å²) in [5, 5.41) is 3.15. The summed E-state index contributed by atoms with van der Waals surface area (Å²) in [6.07, 6.45) is 6.22. The lowest BCUT2D eigenvalue weighted by Gasteiger charge is -2.30. The number of amides is 1. The molecule has 110 valence electrons. The Morgan fingerprint density at radius 1 is 1.40 bits per heavy atom. The Balaban J connectivity index is 2.06. The molecule has 1 saturated carbocycles. The Labute approximate surface area is 134 Å². The molecule has 0 aliphatic heterocycles. The van der Waals surface area contributed by atoms with Gasteiger partial charge in [-0.3, -0.25) is 4.79 Å². The van der Waals surface area contributed by atoms with Gasteiger partial charge < -0.3 is 11.1 Å². The number of nitrogens with one attached hydrogen (secondary N) is 1. The summed E-state index contributed by atoms with van der Waals surface area (Å²) in [6, 6.07) is 5.96. The Hall–Kier alpha value is -0.620. The molecule has 1 amide bonds. The summed E-state index contributed by atoms with van der Waals surface area (Å²) in [7, 11) is 0. The molecule has 0 radical (unpaired) electrons. The molecule has 1 aliphatic rings. The fourth-order valence-corrected chi connectivity index (χ4v) is 3.50. The van der Waals surface area contributed by atoms with Gasteiger partial charge in [0.1, 0.15) is 0 Å². The topological polar surface area (TPSA) is 55.1 Å². The van der Waals surface area contributed by atoms with Crippen molar-refractivity contribution in [3.8, 4) is 0 Å². The maximum Gasteiger partial charge on any atom is 0.251 e. The molecule has 2 rings (SSSR count). The number of halogens is 1. The van der Waals surface area contributed by atoms with Gasteiger partial charge in [-0.2, -0.15) is 0 Å². The SMILES string of the molecule is Cc1c(I)cccc1C(=O)NC(CN)C1CCCCC1. The van der Waals surface area contributed by atoms with Crippen LogP contribution < -0.4 is 11.1 Å². The lowest BCUT2D eigenvalue weighted by molar-refractivity contribution is 0.0915. The van der Waals surface area contributed by atoms with E-state index in [2.05, 4.69) is 27.9 Å². The van der Waals surface area contributed by atoms with E-state index < -0.39 is 0 Å². The zero-order chi connectivity index (χ0) is 14.5. The summed E-state index contributed by atoms with van der Waals surface area (Å²) in [5.74, 6) is 0.558. The fraction of sp³-hybridized carbons (Fsp3) is 0.562. The highest BCUT2D eigenvalue weighted by Gasteiger charge is 2.24. The van der Waals surface area contributed by atoms with Crippen LogP contribution in [-0.4, -0.2) is 18.5 Å². The molecular formula is C16H23IN2O. The molecule has 0 spiro atoms. The Morgan fingerprint density at radius 3 is 2.75 bits per heavy atom. The Kier molecular flexibility index (Phi) is 5.84. The molecule has 3 nitrogen and oxygen atoms in total. The zero-order valence-corrected chi connectivity index (χ0v) is 14.2. The number of carbonyl (C=O) groups is 1. The highest BCUT2D eigenvalue weighted by Crippen LogP contribution is 2.26. The van der Waals surface area contributed by atoms with E-state index in [0.29, 0.717) is 12.5 Å². The fourth-order valence-electron chi connectivity index (χ4n) is 3.01. The van der Waals surface area contributed by atoms with Crippen molar-refractivity contribution < 1.29 is 4.79 Å². The van der Waals surface area contributed by atoms with Crippen LogP contribution in [-0.2, 0) is 0 Å². The van der Waals surface area contributed by atoms with Crippen LogP contribution >= 0.6 is 22.6 Å². The Bertz CT molecular complexity index is 470. The van der Waals surface area contributed by atoms with Gasteiger partial charge in [0.15, 0.2) is 0 Å². The maximum absolute atomic E-state index is 12.5. The van der Waals surface area contributed by atoms with Crippen molar-refractivity contribution in [3.05, 3.63) is 32.9 Å². The van der Waals surface area contributed by atoms with Crippen molar-refractivity contribution in [2.24, 2.45) is 11.7 Å². The second kappa shape index (κ2) is 7.41. The van der Waals surface area contributed by atoms with Crippen LogP contribution in [0.25, 0.3) is 0 Å². The van der Waals surface area contributed by atoms with Crippen LogP contribution in [0, 0.1) is 16.4 Å². The summed E-state index contributed by atoms with van der Waals surface area (Å²) in [4.78, 5) is 12.5. The standard InChI is InChI=1S/C16H23IN2O/c1-11-13(8-5-9-14(11)17)16(20)19-15(10-18)12-6-3-2-4-7-12/h5,8-9,12,15H,2-4,6-7,10,18H2,1H3,(H,19,20). The molecule has 0 saturated heterocycles. The molecule has 1 aliphatic carbocycles. The first-order chi connectivity index (χ1) is 9.63. The van der Waals surface area contributed by atoms with Gasteiger partial charge in [-0.05, 0) is 66.0 Å². The van der Waals surface area contributed by atoms with E-state index in [-0.39, 0.29) is 11.9 Å². The van der Waals surface area contributed by atoms with Gasteiger partial charge in [0.2, 0.25) is 0 Å². The first-order valence-corrected chi connectivity index (χ1v) is 8.47. The highest BCUT2D eigenvalue weighted by atomic mass is 127. The average molecular weight is 386 g/mol. The van der Waals surface area contributed by atoms with Crippen molar-refractivity contribution in [3.63, 3.8) is 0 Å². The summed E-state index contributed by atoms with van der Waals surface area (Å²) in [5.41, 5.74) is 7.70. The van der Waals surface area contributed by atoms with Crippen molar-refractivity contribution >= 4 is 28.5 Å². The molecule has 1 aromatic rings. The molecule has 0 heterocycles. The van der Waals surface area contributed by atoms with Crippen molar-refractivity contribution in [1.82, 2.24) is 5.32 Å². The van der Waals surface area contributed by atoms with Crippen molar-refractivity contribution in [2.75, 3.05) is 6.54 Å². The number of rotatable bonds is 4. The predicted octanol–water partition coefficient (Wildman–Crippen LogP) is 3.24. The molecule has 0 bridgehead atoms. The highest BCUT2D eigenvalue weighted by molar-refractivity contribution is 14.1. The molecule has 4 heteroatoms. The maximum atomic E-state index is 12.5. The largest absolute Gasteiger partial charge is 0.348 e. The third-order valence-electron chi connectivity index (χ3n) is 4.30. The minimum absolute atomic E-state index is 0.0158. The number of hydrogen-bond donors (Lipinski definition) is 2. The monoisotopic (exact) mass is 386 g/mol. The van der Waals surface area contributed by atoms with Crippen LogP contribution in [0.4, 0.5) is 0 Å². The van der Waals surface area contributed by atoms with Crippen LogP contribution in [0.3, 0.4) is 0 Å². The van der Waals surface area contributed by atoms with Gasteiger partial charge in [-0.15, -0.1) is 0 Å². The van der Waals surface area contributed by atoms with Gasteiger partial charge in [0, 0.05) is 21.7 Å². The smallest absolute Gasteiger partial charge is 0.251 e. The molecular weight excluding hydrogens is 363 g/mol. The van der Waals surface area contributed by atoms with Gasteiger partial charge in [-0.25, -0.2) is 0 Å². The van der Waals surface area contributed by atoms with E-state index in [0.717, 1.165) is 14.7 Å². The van der Waals surface area contributed by atoms with Crippen LogP contribution in [0.2, 0.25) is 0 Å². The van der Waals surface area contributed by atoms with Gasteiger partial charge in [0.05, 0.1) is 0 Å². The first-order valence-electron chi connectivity index (χ1n) is 7.39. The molecule has 3 N–H and O–H groups in total. The molecule has 1 atom stereocenters. The normalized spacial score (nSPS) is 17.8. The minimum Gasteiger partial charge on any atom is -0.348 e. The second-order valence-electron chi connectivity index (χ2n) is 5.63. The van der Waals surface area contributed by atoms with Gasteiger partial charge >= 0.3 is 0 Å². The van der Waals surface area contributed by atoms with Crippen LogP contribution in [0.1, 0.15) is 48.0 Å². The van der Waals surface area contributed by atoms with Gasteiger partial charge in [0.25, 0.3) is 5.91 Å². The second-order valence-corrected chi connectivity index (χ2v) is 6.79. The van der Waals surface area contributed by atoms with Crippen LogP contribution in [0.5, 0.6) is 0 Å². The number of carbonyl (C=O) groups excluding carboxylic acids is 1. The molecule has 1 unspecified atom stereocenters. The molecule has 1 fully saturated rings. The summed E-state index contributed by atoms with van der Waals surface area (Å²) >= 11 is 2.26. The molecule has 1 aromatic carbocycles. The van der Waals surface area contributed by atoms with E-state index in [1.54, 1.807) is 0 Å². The Morgan fingerprint density at radius 2 is 2.10 bits per heavy atom. The molecule has 20 heavy (non-hydrogen) atoms. The van der Waals surface area contributed by atoms with Crippen molar-refractivity contribution in [2.45, 2.75) is 45.1 Å². The number of hydrogen-bond acceptors (Lipinski definition) is 2. The third kappa shape index (κ3) is 3.73. The van der Waals surface area contributed by atoms with Crippen LogP contribution in [0.15, 0.2) is 18.2 Å². The van der Waals surface area contributed by atoms with E-state index in [1.807, 2.05) is 25.1 Å². The quantitative estimate of drug-likeness (QED) is 0.781. The number of benzene rings is 1. The van der Waals surface area contributed by atoms with E-state index in [4.69, 9.17) is 5.73 Å². The minimum atomic E-state index is 0.0158. The first kappa shape index (κ1) is 15.8. The predicted molar refractivity (Wildman–Crippen MR) is 90.8 cm³/mol. The lowest BCUT2D eigenvalue weighted by Crippen LogP contribution is -2.46. The van der Waals surface area contributed by atoms with Gasteiger partial charge in [-0.1, -0.05) is 25.3 Å². The lowest BCUT2D eigenvalue weighted by atomic mass is 9.83. The molecule has 0 aromatic heterocycles. The third-order valence-corrected chi connectivity index (χ3v) is 5.47.